The van der Waals surface area contributed by atoms with Gasteiger partial charge in [-0.05, 0) is 12.0 Å². The van der Waals surface area contributed by atoms with Gasteiger partial charge in [-0.1, -0.05) is 101 Å². The lowest BCUT2D eigenvalue weighted by molar-refractivity contribution is -0.334. The van der Waals surface area contributed by atoms with Gasteiger partial charge in [0.15, 0.2) is 18.7 Å². The Morgan fingerprint density at radius 2 is 1.23 bits per heavy atom. The number of hydrogen-bond acceptors (Lipinski definition) is 13. The van der Waals surface area contributed by atoms with E-state index in [2.05, 4.69) is 6.92 Å². The molecule has 0 amide bonds. The van der Waals surface area contributed by atoms with Crippen LogP contribution in [0.2, 0.25) is 0 Å². The molecule has 2 fully saturated rings. The quantitative estimate of drug-likeness (QED) is 0.0871. The Labute approximate surface area is 277 Å². The molecule has 11 atom stereocenters. The summed E-state index contributed by atoms with van der Waals surface area (Å²) < 4.78 is 27.7. The summed E-state index contributed by atoms with van der Waals surface area (Å²) in [6.45, 7) is 1.31. The molecule has 1 aromatic rings. The van der Waals surface area contributed by atoms with E-state index in [1.54, 1.807) is 30.3 Å². The zero-order chi connectivity index (χ0) is 34.2. The van der Waals surface area contributed by atoms with Crippen LogP contribution in [0.3, 0.4) is 0 Å². The number of unbranched alkanes of at least 4 members (excludes halogenated alkanes) is 10. The van der Waals surface area contributed by atoms with Crippen LogP contribution in [0.15, 0.2) is 30.3 Å². The lowest BCUT2D eigenvalue weighted by Gasteiger charge is -2.43. The molecule has 1 aromatic carbocycles. The fourth-order valence-electron chi connectivity index (χ4n) is 5.67. The molecule has 0 saturated carbocycles. The van der Waals surface area contributed by atoms with Crippen molar-refractivity contribution in [1.29, 1.82) is 5.26 Å². The van der Waals surface area contributed by atoms with Crippen LogP contribution in [-0.4, -0.2) is 111 Å². The number of esters is 1. The smallest absolute Gasteiger partial charge is 0.305 e. The molecule has 13 nitrogen and oxygen atoms in total. The first-order valence-corrected chi connectivity index (χ1v) is 16.9. The lowest BCUT2D eigenvalue weighted by atomic mass is 9.98. The molecule has 13 heteroatoms. The average Bonchev–Trinajstić information content (AvgIpc) is 3.08. The van der Waals surface area contributed by atoms with E-state index in [9.17, 15) is 40.7 Å². The van der Waals surface area contributed by atoms with Crippen LogP contribution in [0, 0.1) is 11.3 Å². The van der Waals surface area contributed by atoms with E-state index < -0.39 is 80.1 Å². The molecule has 47 heavy (non-hydrogen) atoms. The number of ether oxygens (including phenoxy) is 5. The van der Waals surface area contributed by atoms with Crippen LogP contribution in [-0.2, 0) is 28.5 Å². The molecule has 0 spiro atoms. The minimum absolute atomic E-state index is 0.205. The number of benzene rings is 1. The standard InChI is InChI=1S/C34H53NO12/c1-2-3-4-5-6-7-8-9-10-11-15-18-26(36)43-20-24-27(37)29(39)31(41)33(46-24)44-21-25-28(38)30(40)32(42)34(47-25)45-23(19-35)22-16-13-12-14-17-22/h12-14,16-17,23-25,27-34,37-42H,2-11,15,18,20-21H2,1H3/t23?,24-,25-,27-,28-,29+,30+,31-,32-,33-,34-/m1/s1. The Bertz CT molecular complexity index is 1060. The van der Waals surface area contributed by atoms with Crippen molar-refractivity contribution in [2.45, 2.75) is 151 Å². The van der Waals surface area contributed by atoms with Crippen molar-refractivity contribution in [3.8, 4) is 6.07 Å². The number of nitrogens with zero attached hydrogens (tertiary/aromatic N) is 1. The molecule has 1 unspecified atom stereocenters. The highest BCUT2D eigenvalue weighted by Gasteiger charge is 2.48. The van der Waals surface area contributed by atoms with Crippen LogP contribution in [0.1, 0.15) is 95.6 Å². The van der Waals surface area contributed by atoms with Crippen LogP contribution in [0.4, 0.5) is 0 Å². The third kappa shape index (κ3) is 12.3. The maximum absolute atomic E-state index is 12.3. The number of carbonyl (C=O) groups excluding carboxylic acids is 1. The van der Waals surface area contributed by atoms with Gasteiger partial charge < -0.3 is 54.3 Å². The molecule has 2 aliphatic heterocycles. The van der Waals surface area contributed by atoms with E-state index in [1.807, 2.05) is 6.07 Å². The molecule has 2 aliphatic rings. The first-order valence-electron chi connectivity index (χ1n) is 16.9. The number of hydrogen-bond donors (Lipinski definition) is 6. The fraction of sp³-hybridized carbons (Fsp3) is 0.765. The Balaban J connectivity index is 1.42. The molecular formula is C34H53NO12. The average molecular weight is 668 g/mol. The molecule has 3 rings (SSSR count). The topological polar surface area (TPSA) is 208 Å². The summed E-state index contributed by atoms with van der Waals surface area (Å²) in [4.78, 5) is 12.3. The SMILES string of the molecule is CCCCCCCCCCCCCC(=O)OC[C@H]1O[C@@H](OC[C@H]2O[C@@H](OC(C#N)c3ccccc3)[C@H](O)[C@@H](O)[C@@H]2O)[C@H](O)[C@@H](O)[C@@H]1O. The molecule has 6 N–H and O–H groups in total. The summed E-state index contributed by atoms with van der Waals surface area (Å²) in [7, 11) is 0. The van der Waals surface area contributed by atoms with Crippen molar-refractivity contribution in [3.05, 3.63) is 35.9 Å². The zero-order valence-electron chi connectivity index (χ0n) is 27.2. The summed E-state index contributed by atoms with van der Waals surface area (Å²) in [5.41, 5.74) is 0.482. The van der Waals surface area contributed by atoms with Gasteiger partial charge in [0, 0.05) is 6.42 Å². The van der Waals surface area contributed by atoms with Crippen molar-refractivity contribution in [2.24, 2.45) is 0 Å². The molecule has 0 bridgehead atoms. The third-order valence-electron chi connectivity index (χ3n) is 8.64. The summed E-state index contributed by atoms with van der Waals surface area (Å²) in [6, 6.07) is 10.4. The van der Waals surface area contributed by atoms with Crippen molar-refractivity contribution < 1.29 is 59.1 Å². The maximum Gasteiger partial charge on any atom is 0.305 e. The largest absolute Gasteiger partial charge is 0.463 e. The summed E-state index contributed by atoms with van der Waals surface area (Å²) in [5.74, 6) is -0.474. The fourth-order valence-corrected chi connectivity index (χ4v) is 5.67. The molecule has 266 valence electrons. The van der Waals surface area contributed by atoms with Crippen molar-refractivity contribution in [3.63, 3.8) is 0 Å². The van der Waals surface area contributed by atoms with Crippen LogP contribution in [0.5, 0.6) is 0 Å². The van der Waals surface area contributed by atoms with Gasteiger partial charge in [-0.3, -0.25) is 4.79 Å². The van der Waals surface area contributed by atoms with Crippen LogP contribution < -0.4 is 0 Å². The molecule has 2 heterocycles. The van der Waals surface area contributed by atoms with Gasteiger partial charge in [-0.15, -0.1) is 0 Å². The maximum atomic E-state index is 12.3. The zero-order valence-corrected chi connectivity index (χ0v) is 27.2. The van der Waals surface area contributed by atoms with E-state index in [-0.39, 0.29) is 13.0 Å². The highest BCUT2D eigenvalue weighted by atomic mass is 16.7. The Morgan fingerprint density at radius 3 is 1.81 bits per heavy atom. The second-order valence-corrected chi connectivity index (χ2v) is 12.4. The Kier molecular flexibility index (Phi) is 17.5. The number of nitriles is 1. The van der Waals surface area contributed by atoms with Crippen LogP contribution >= 0.6 is 0 Å². The highest BCUT2D eigenvalue weighted by molar-refractivity contribution is 5.69. The summed E-state index contributed by atoms with van der Waals surface area (Å²) >= 11 is 0. The minimum Gasteiger partial charge on any atom is -0.463 e. The van der Waals surface area contributed by atoms with Gasteiger partial charge in [0.2, 0.25) is 0 Å². The second kappa shape index (κ2) is 21.0. The van der Waals surface area contributed by atoms with Crippen molar-refractivity contribution in [2.75, 3.05) is 13.2 Å². The van der Waals surface area contributed by atoms with Gasteiger partial charge in [0.1, 0.15) is 55.4 Å². The molecule has 0 aromatic heterocycles. The second-order valence-electron chi connectivity index (χ2n) is 12.4. The predicted octanol–water partition coefficient (Wildman–Crippen LogP) is 2.14. The number of aliphatic hydroxyl groups excluding tert-OH is 6. The van der Waals surface area contributed by atoms with E-state index >= 15 is 0 Å². The van der Waals surface area contributed by atoms with Gasteiger partial charge in [0.05, 0.1) is 12.7 Å². The molecule has 0 aliphatic carbocycles. The van der Waals surface area contributed by atoms with Gasteiger partial charge >= 0.3 is 5.97 Å². The highest BCUT2D eigenvalue weighted by Crippen LogP contribution is 2.29. The summed E-state index contributed by atoms with van der Waals surface area (Å²) in [6.07, 6.45) is -3.96. The van der Waals surface area contributed by atoms with Crippen LogP contribution in [0.25, 0.3) is 0 Å². The Morgan fingerprint density at radius 1 is 0.723 bits per heavy atom. The van der Waals surface area contributed by atoms with Gasteiger partial charge in [0.25, 0.3) is 0 Å². The predicted molar refractivity (Wildman–Crippen MR) is 167 cm³/mol. The van der Waals surface area contributed by atoms with Crippen molar-refractivity contribution >= 4 is 5.97 Å². The molecule has 2 saturated heterocycles. The first kappa shape index (κ1) is 39.2. The molecular weight excluding hydrogens is 614 g/mol. The number of aliphatic hydroxyl groups is 6. The Hall–Kier alpha value is -2.22. The van der Waals surface area contributed by atoms with Crippen molar-refractivity contribution in [1.82, 2.24) is 0 Å². The first-order chi connectivity index (χ1) is 22.7. The molecule has 0 radical (unpaired) electrons. The summed E-state index contributed by atoms with van der Waals surface area (Å²) in [5, 5.41) is 72.3. The number of rotatable bonds is 20. The van der Waals surface area contributed by atoms with E-state index in [0.29, 0.717) is 12.0 Å². The minimum atomic E-state index is -1.73. The van der Waals surface area contributed by atoms with E-state index in [4.69, 9.17) is 23.7 Å². The lowest BCUT2D eigenvalue weighted by Crippen LogP contribution is -2.62. The normalized spacial score (nSPS) is 31.6. The third-order valence-corrected chi connectivity index (χ3v) is 8.64. The monoisotopic (exact) mass is 667 g/mol. The van der Waals surface area contributed by atoms with E-state index in [1.165, 1.54) is 44.9 Å². The van der Waals surface area contributed by atoms with Gasteiger partial charge in [-0.2, -0.15) is 5.26 Å². The number of carbonyl (C=O) groups is 1. The van der Waals surface area contributed by atoms with E-state index in [0.717, 1.165) is 19.3 Å². The van der Waals surface area contributed by atoms with Gasteiger partial charge in [-0.25, -0.2) is 0 Å².